The van der Waals surface area contributed by atoms with E-state index in [1.807, 2.05) is 0 Å². The van der Waals surface area contributed by atoms with Crippen LogP contribution in [0, 0.1) is 5.92 Å². The van der Waals surface area contributed by atoms with Crippen LogP contribution in [0.4, 0.5) is 0 Å². The van der Waals surface area contributed by atoms with Crippen LogP contribution in [0.3, 0.4) is 0 Å². The number of aliphatic hydroxyl groups is 1. The Hall–Kier alpha value is -0.610. The van der Waals surface area contributed by atoms with Crippen LogP contribution in [0.1, 0.15) is 26.2 Å². The largest absolute Gasteiger partial charge is 0.394 e. The van der Waals surface area contributed by atoms with E-state index in [0.717, 1.165) is 31.8 Å². The lowest BCUT2D eigenvalue weighted by Gasteiger charge is -2.32. The predicted molar refractivity (Wildman–Crippen MR) is 54.7 cm³/mol. The Bertz CT molecular complexity index is 189. The monoisotopic (exact) mass is 200 g/mol. The molecule has 0 bridgehead atoms. The van der Waals surface area contributed by atoms with Crippen LogP contribution in [0.5, 0.6) is 0 Å². The molecule has 0 saturated carbocycles. The van der Waals surface area contributed by atoms with E-state index >= 15 is 0 Å². The molecular formula is C10H20N2O2. The van der Waals surface area contributed by atoms with Gasteiger partial charge in [0.25, 0.3) is 0 Å². The molecule has 0 aromatic rings. The van der Waals surface area contributed by atoms with Gasteiger partial charge in [-0.15, -0.1) is 0 Å². The number of nitrogens with two attached hydrogens (primary N) is 1. The van der Waals surface area contributed by atoms with Crippen LogP contribution in [0.15, 0.2) is 0 Å². The molecule has 1 aliphatic rings. The van der Waals surface area contributed by atoms with E-state index in [4.69, 9.17) is 10.8 Å². The number of likely N-dealkylation sites (tertiary alicyclic amines) is 1. The van der Waals surface area contributed by atoms with Crippen molar-refractivity contribution in [1.82, 2.24) is 4.90 Å². The molecule has 0 aromatic carbocycles. The minimum atomic E-state index is -0.729. The SMILES string of the molecule is CCC1CCN(C(=O)C(N)CO)CC1. The van der Waals surface area contributed by atoms with E-state index in [-0.39, 0.29) is 12.5 Å². The highest BCUT2D eigenvalue weighted by Crippen LogP contribution is 2.19. The molecule has 0 aromatic heterocycles. The molecule has 0 spiro atoms. The summed E-state index contributed by atoms with van der Waals surface area (Å²) in [6.07, 6.45) is 3.33. The Morgan fingerprint density at radius 2 is 2.14 bits per heavy atom. The Morgan fingerprint density at radius 3 is 2.57 bits per heavy atom. The third-order valence-corrected chi connectivity index (χ3v) is 3.02. The Balaban J connectivity index is 2.37. The van der Waals surface area contributed by atoms with Crippen LogP contribution in [-0.4, -0.2) is 41.7 Å². The van der Waals surface area contributed by atoms with Crippen molar-refractivity contribution in [1.29, 1.82) is 0 Å². The fourth-order valence-electron chi connectivity index (χ4n) is 1.87. The summed E-state index contributed by atoms with van der Waals surface area (Å²) in [7, 11) is 0. The highest BCUT2D eigenvalue weighted by molar-refractivity contribution is 5.81. The molecule has 1 saturated heterocycles. The summed E-state index contributed by atoms with van der Waals surface area (Å²) in [4.78, 5) is 13.3. The zero-order valence-electron chi connectivity index (χ0n) is 8.78. The van der Waals surface area contributed by atoms with Crippen molar-refractivity contribution in [2.75, 3.05) is 19.7 Å². The van der Waals surface area contributed by atoms with Crippen molar-refractivity contribution < 1.29 is 9.90 Å². The number of aliphatic hydroxyl groups excluding tert-OH is 1. The number of rotatable bonds is 3. The summed E-state index contributed by atoms with van der Waals surface area (Å²) < 4.78 is 0. The van der Waals surface area contributed by atoms with E-state index in [0.29, 0.717) is 0 Å². The van der Waals surface area contributed by atoms with Gasteiger partial charge < -0.3 is 15.7 Å². The van der Waals surface area contributed by atoms with Gasteiger partial charge in [-0.25, -0.2) is 0 Å². The number of hydrogen-bond donors (Lipinski definition) is 2. The van der Waals surface area contributed by atoms with E-state index in [2.05, 4.69) is 6.92 Å². The van der Waals surface area contributed by atoms with E-state index in [9.17, 15) is 4.79 Å². The molecule has 4 nitrogen and oxygen atoms in total. The maximum atomic E-state index is 11.6. The predicted octanol–water partition coefficient (Wildman–Crippen LogP) is -0.0454. The van der Waals surface area contributed by atoms with E-state index in [1.54, 1.807) is 4.90 Å². The molecule has 1 amide bonds. The van der Waals surface area contributed by atoms with Crippen molar-refractivity contribution in [2.24, 2.45) is 11.7 Å². The smallest absolute Gasteiger partial charge is 0.241 e. The first kappa shape index (κ1) is 11.5. The fourth-order valence-corrected chi connectivity index (χ4v) is 1.87. The molecule has 1 fully saturated rings. The molecule has 1 atom stereocenters. The van der Waals surface area contributed by atoms with Gasteiger partial charge in [-0.2, -0.15) is 0 Å². The molecule has 0 aliphatic carbocycles. The molecule has 1 rings (SSSR count). The normalized spacial score (nSPS) is 20.9. The summed E-state index contributed by atoms with van der Waals surface area (Å²) in [5, 5.41) is 8.76. The third kappa shape index (κ3) is 2.69. The Labute approximate surface area is 85.1 Å². The first-order chi connectivity index (χ1) is 6.69. The highest BCUT2D eigenvalue weighted by atomic mass is 16.3. The van der Waals surface area contributed by atoms with Crippen LogP contribution < -0.4 is 5.73 Å². The van der Waals surface area contributed by atoms with Gasteiger partial charge in [0.15, 0.2) is 0 Å². The summed E-state index contributed by atoms with van der Waals surface area (Å²) in [5.41, 5.74) is 5.47. The molecule has 0 radical (unpaired) electrons. The molecule has 1 aliphatic heterocycles. The number of nitrogens with zero attached hydrogens (tertiary/aromatic N) is 1. The summed E-state index contributed by atoms with van der Waals surface area (Å²) >= 11 is 0. The minimum absolute atomic E-state index is 0.109. The number of carbonyl (C=O) groups excluding carboxylic acids is 1. The summed E-state index contributed by atoms with van der Waals surface area (Å²) in [6, 6.07) is -0.729. The molecule has 82 valence electrons. The minimum Gasteiger partial charge on any atom is -0.394 e. The van der Waals surface area contributed by atoms with Crippen molar-refractivity contribution in [3.05, 3.63) is 0 Å². The fraction of sp³-hybridized carbons (Fsp3) is 0.900. The van der Waals surface area contributed by atoms with Gasteiger partial charge in [0.05, 0.1) is 6.61 Å². The van der Waals surface area contributed by atoms with Crippen LogP contribution in [0.25, 0.3) is 0 Å². The second-order valence-electron chi connectivity index (χ2n) is 3.97. The van der Waals surface area contributed by atoms with Gasteiger partial charge in [-0.3, -0.25) is 4.79 Å². The van der Waals surface area contributed by atoms with Gasteiger partial charge in [0, 0.05) is 13.1 Å². The zero-order valence-corrected chi connectivity index (χ0v) is 8.78. The van der Waals surface area contributed by atoms with Gasteiger partial charge >= 0.3 is 0 Å². The lowest BCUT2D eigenvalue weighted by atomic mass is 9.94. The zero-order chi connectivity index (χ0) is 10.6. The van der Waals surface area contributed by atoms with Gasteiger partial charge in [-0.05, 0) is 18.8 Å². The van der Waals surface area contributed by atoms with Crippen LogP contribution in [-0.2, 0) is 4.79 Å². The van der Waals surface area contributed by atoms with Crippen LogP contribution in [0.2, 0.25) is 0 Å². The molecule has 1 heterocycles. The molecule has 1 unspecified atom stereocenters. The average molecular weight is 200 g/mol. The lowest BCUT2D eigenvalue weighted by molar-refractivity contribution is -0.134. The van der Waals surface area contributed by atoms with E-state index < -0.39 is 6.04 Å². The maximum absolute atomic E-state index is 11.6. The topological polar surface area (TPSA) is 66.6 Å². The third-order valence-electron chi connectivity index (χ3n) is 3.02. The number of carbonyl (C=O) groups is 1. The van der Waals surface area contributed by atoms with Gasteiger partial charge in [0.2, 0.25) is 5.91 Å². The standard InChI is InChI=1S/C10H20N2O2/c1-2-8-3-5-12(6-4-8)10(14)9(11)7-13/h8-9,13H,2-7,11H2,1H3. The average Bonchev–Trinajstić information content (AvgIpc) is 2.27. The summed E-state index contributed by atoms with van der Waals surface area (Å²) in [6.45, 7) is 3.52. The molecule has 3 N–H and O–H groups in total. The second kappa shape index (κ2) is 5.32. The van der Waals surface area contributed by atoms with Gasteiger partial charge in [0.1, 0.15) is 6.04 Å². The molecule has 4 heteroatoms. The van der Waals surface area contributed by atoms with Crippen molar-refractivity contribution >= 4 is 5.91 Å². The lowest BCUT2D eigenvalue weighted by Crippen LogP contribution is -2.48. The highest BCUT2D eigenvalue weighted by Gasteiger charge is 2.24. The van der Waals surface area contributed by atoms with E-state index in [1.165, 1.54) is 6.42 Å². The second-order valence-corrected chi connectivity index (χ2v) is 3.97. The van der Waals surface area contributed by atoms with Crippen LogP contribution >= 0.6 is 0 Å². The number of piperidine rings is 1. The first-order valence-electron chi connectivity index (χ1n) is 5.34. The van der Waals surface area contributed by atoms with Crippen molar-refractivity contribution in [2.45, 2.75) is 32.2 Å². The Morgan fingerprint density at radius 1 is 1.57 bits per heavy atom. The summed E-state index contributed by atoms with van der Waals surface area (Å²) in [5.74, 6) is 0.645. The van der Waals surface area contributed by atoms with Crippen molar-refractivity contribution in [3.8, 4) is 0 Å². The Kier molecular flexibility index (Phi) is 4.35. The molecule has 14 heavy (non-hydrogen) atoms. The maximum Gasteiger partial charge on any atom is 0.241 e. The van der Waals surface area contributed by atoms with Gasteiger partial charge in [-0.1, -0.05) is 13.3 Å². The number of hydrogen-bond acceptors (Lipinski definition) is 3. The number of amides is 1. The quantitative estimate of drug-likeness (QED) is 0.671. The molecular weight excluding hydrogens is 180 g/mol. The van der Waals surface area contributed by atoms with Crippen molar-refractivity contribution in [3.63, 3.8) is 0 Å². The first-order valence-corrected chi connectivity index (χ1v) is 5.34.